The molecule has 0 aliphatic carbocycles. The van der Waals surface area contributed by atoms with Gasteiger partial charge in [0.15, 0.2) is 0 Å². The maximum absolute atomic E-state index is 12.6. The van der Waals surface area contributed by atoms with Gasteiger partial charge in [0.05, 0.1) is 45.7 Å². The lowest BCUT2D eigenvalue weighted by Crippen LogP contribution is -2.35. The van der Waals surface area contributed by atoms with Gasteiger partial charge in [0.2, 0.25) is 11.8 Å². The summed E-state index contributed by atoms with van der Waals surface area (Å²) in [5.41, 5.74) is 12.9. The Kier molecular flexibility index (Phi) is 10.9. The van der Waals surface area contributed by atoms with Crippen LogP contribution < -0.4 is 41.0 Å². The highest BCUT2D eigenvalue weighted by Gasteiger charge is 2.16. The Hall–Kier alpha value is -3.76. The van der Waals surface area contributed by atoms with Gasteiger partial charge >= 0.3 is 0 Å². The van der Waals surface area contributed by atoms with Gasteiger partial charge in [-0.25, -0.2) is 0 Å². The second-order valence-electron chi connectivity index (χ2n) is 7.56. The van der Waals surface area contributed by atoms with Crippen molar-refractivity contribution in [1.29, 1.82) is 0 Å². The molecule has 0 unspecified atom stereocenters. The predicted molar refractivity (Wildman–Crippen MR) is 136 cm³/mol. The van der Waals surface area contributed by atoms with Gasteiger partial charge < -0.3 is 41.0 Å². The molecule has 0 fully saturated rings. The number of anilines is 2. The zero-order valence-electron chi connectivity index (χ0n) is 20.6. The molecule has 190 valence electrons. The summed E-state index contributed by atoms with van der Waals surface area (Å²) in [4.78, 5) is 25.1. The molecule has 6 N–H and O–H groups in total. The lowest BCUT2D eigenvalue weighted by molar-refractivity contribution is -0.117. The SMILES string of the molecule is COc1cc(OC)c(/C=C/C(=O)Nc2ccc(OC)c(NC(=O)[C@H](N)CCCCN)c2)c(OC)c1. The molecule has 2 amide bonds. The molecule has 0 aliphatic heterocycles. The first-order chi connectivity index (χ1) is 16.9. The number of carbonyl (C=O) groups excluding carboxylic acids is 2. The zero-order valence-corrected chi connectivity index (χ0v) is 20.6. The molecule has 0 bridgehead atoms. The Morgan fingerprint density at radius 3 is 2.14 bits per heavy atom. The van der Waals surface area contributed by atoms with E-state index in [-0.39, 0.29) is 5.91 Å². The number of methoxy groups -OCH3 is 4. The fraction of sp³-hybridized carbons (Fsp3) is 0.360. The summed E-state index contributed by atoms with van der Waals surface area (Å²) in [5, 5.41) is 5.53. The number of benzene rings is 2. The number of rotatable bonds is 13. The molecule has 1 atom stereocenters. The van der Waals surface area contributed by atoms with E-state index in [1.54, 1.807) is 36.4 Å². The van der Waals surface area contributed by atoms with Crippen molar-refractivity contribution in [1.82, 2.24) is 0 Å². The van der Waals surface area contributed by atoms with Gasteiger partial charge in [0.1, 0.15) is 23.0 Å². The van der Waals surface area contributed by atoms with E-state index >= 15 is 0 Å². The Labute approximate surface area is 205 Å². The van der Waals surface area contributed by atoms with Gasteiger partial charge in [-0.3, -0.25) is 9.59 Å². The molecule has 2 aromatic carbocycles. The summed E-state index contributed by atoms with van der Waals surface area (Å²) in [6.07, 6.45) is 5.01. The highest BCUT2D eigenvalue weighted by Crippen LogP contribution is 2.35. The molecule has 0 spiro atoms. The smallest absolute Gasteiger partial charge is 0.248 e. The topological polar surface area (TPSA) is 147 Å². The first-order valence-corrected chi connectivity index (χ1v) is 11.1. The molecule has 35 heavy (non-hydrogen) atoms. The van der Waals surface area contributed by atoms with Crippen LogP contribution >= 0.6 is 0 Å². The summed E-state index contributed by atoms with van der Waals surface area (Å²) >= 11 is 0. The number of nitrogens with one attached hydrogen (secondary N) is 2. The second-order valence-corrected chi connectivity index (χ2v) is 7.56. The highest BCUT2D eigenvalue weighted by atomic mass is 16.5. The number of unbranched alkanes of at least 4 members (excludes halogenated alkanes) is 1. The summed E-state index contributed by atoms with van der Waals surface area (Å²) in [6.45, 7) is 0.552. The lowest BCUT2D eigenvalue weighted by Gasteiger charge is -2.15. The molecular formula is C25H34N4O6. The Morgan fingerprint density at radius 2 is 1.57 bits per heavy atom. The van der Waals surface area contributed by atoms with Crippen LogP contribution in [-0.2, 0) is 9.59 Å². The van der Waals surface area contributed by atoms with Gasteiger partial charge in [-0.1, -0.05) is 6.42 Å². The van der Waals surface area contributed by atoms with Crippen LogP contribution in [0, 0.1) is 0 Å². The van der Waals surface area contributed by atoms with Crippen LogP contribution in [0.3, 0.4) is 0 Å². The van der Waals surface area contributed by atoms with E-state index < -0.39 is 11.9 Å². The van der Waals surface area contributed by atoms with Crippen molar-refractivity contribution in [2.75, 3.05) is 45.6 Å². The first-order valence-electron chi connectivity index (χ1n) is 11.1. The quantitative estimate of drug-likeness (QED) is 0.250. The van der Waals surface area contributed by atoms with E-state index in [9.17, 15) is 9.59 Å². The average molecular weight is 487 g/mol. The van der Waals surface area contributed by atoms with Crippen LogP contribution in [-0.4, -0.2) is 52.8 Å². The summed E-state index contributed by atoms with van der Waals surface area (Å²) < 4.78 is 21.4. The van der Waals surface area contributed by atoms with Crippen molar-refractivity contribution < 1.29 is 28.5 Å². The van der Waals surface area contributed by atoms with Gasteiger partial charge in [0.25, 0.3) is 0 Å². The molecule has 0 saturated heterocycles. The summed E-state index contributed by atoms with van der Waals surface area (Å²) in [5.74, 6) is 1.24. The number of hydrogen-bond donors (Lipinski definition) is 4. The lowest BCUT2D eigenvalue weighted by atomic mass is 10.1. The molecule has 0 radical (unpaired) electrons. The van der Waals surface area contributed by atoms with Gasteiger partial charge in [-0.2, -0.15) is 0 Å². The minimum absolute atomic E-state index is 0.345. The Morgan fingerprint density at radius 1 is 0.914 bits per heavy atom. The van der Waals surface area contributed by atoms with Crippen LogP contribution in [0.15, 0.2) is 36.4 Å². The normalized spacial score (nSPS) is 11.6. The van der Waals surface area contributed by atoms with Crippen molar-refractivity contribution in [3.05, 3.63) is 42.0 Å². The Bertz CT molecular complexity index is 1020. The molecule has 2 aromatic rings. The van der Waals surface area contributed by atoms with Crippen molar-refractivity contribution >= 4 is 29.3 Å². The van der Waals surface area contributed by atoms with Crippen molar-refractivity contribution in [3.63, 3.8) is 0 Å². The summed E-state index contributed by atoms with van der Waals surface area (Å²) in [7, 11) is 6.06. The molecule has 0 aromatic heterocycles. The van der Waals surface area contributed by atoms with Gasteiger partial charge in [-0.15, -0.1) is 0 Å². The predicted octanol–water partition coefficient (Wildman–Crippen LogP) is 2.77. The third-order valence-corrected chi connectivity index (χ3v) is 5.19. The molecule has 10 heteroatoms. The van der Waals surface area contributed by atoms with E-state index in [1.807, 2.05) is 0 Å². The maximum Gasteiger partial charge on any atom is 0.248 e. The molecular weight excluding hydrogens is 452 g/mol. The third kappa shape index (κ3) is 7.90. The number of carbonyl (C=O) groups is 2. The van der Waals surface area contributed by atoms with Crippen LogP contribution in [0.1, 0.15) is 24.8 Å². The molecule has 0 saturated carbocycles. The fourth-order valence-corrected chi connectivity index (χ4v) is 3.29. The minimum atomic E-state index is -0.679. The zero-order chi connectivity index (χ0) is 25.8. The van der Waals surface area contributed by atoms with Crippen LogP contribution in [0.2, 0.25) is 0 Å². The highest BCUT2D eigenvalue weighted by molar-refractivity contribution is 6.03. The third-order valence-electron chi connectivity index (χ3n) is 5.19. The molecule has 2 rings (SSSR count). The molecule has 10 nitrogen and oxygen atoms in total. The van der Waals surface area contributed by atoms with Crippen molar-refractivity contribution in [2.24, 2.45) is 11.5 Å². The van der Waals surface area contributed by atoms with E-state index in [1.165, 1.54) is 34.5 Å². The van der Waals surface area contributed by atoms with Gasteiger partial charge in [-0.05, 0) is 43.7 Å². The molecule has 0 aliphatic rings. The largest absolute Gasteiger partial charge is 0.496 e. The van der Waals surface area contributed by atoms with Crippen molar-refractivity contribution in [3.8, 4) is 23.0 Å². The fourth-order valence-electron chi connectivity index (χ4n) is 3.29. The van der Waals surface area contributed by atoms with E-state index in [4.69, 9.17) is 30.4 Å². The number of ether oxygens (including phenoxy) is 4. The standard InChI is InChI=1S/C25H34N4O6/c1-32-17-14-22(34-3)18(23(15-17)35-4)9-11-24(30)28-16-8-10-21(33-2)20(13-16)29-25(31)19(27)7-5-6-12-26/h8-11,13-15,19H,5-7,12,26-27H2,1-4H3,(H,28,30)(H,29,31)/b11-9+/t19-/m1/s1. The average Bonchev–Trinajstić information content (AvgIpc) is 2.87. The second kappa shape index (κ2) is 13.8. The maximum atomic E-state index is 12.6. The van der Waals surface area contributed by atoms with Crippen molar-refractivity contribution in [2.45, 2.75) is 25.3 Å². The number of amides is 2. The molecule has 0 heterocycles. The van der Waals surface area contributed by atoms with Gasteiger partial charge in [0, 0.05) is 23.9 Å². The van der Waals surface area contributed by atoms with E-state index in [0.717, 1.165) is 12.8 Å². The first kappa shape index (κ1) is 27.5. The number of hydrogen-bond acceptors (Lipinski definition) is 8. The van der Waals surface area contributed by atoms with Crippen LogP contribution in [0.5, 0.6) is 23.0 Å². The minimum Gasteiger partial charge on any atom is -0.496 e. The van der Waals surface area contributed by atoms with Crippen LogP contribution in [0.4, 0.5) is 11.4 Å². The Balaban J connectivity index is 2.15. The van der Waals surface area contributed by atoms with E-state index in [2.05, 4.69) is 10.6 Å². The van der Waals surface area contributed by atoms with Crippen LogP contribution in [0.25, 0.3) is 6.08 Å². The summed E-state index contributed by atoms with van der Waals surface area (Å²) in [6, 6.07) is 7.62. The number of nitrogens with two attached hydrogens (primary N) is 2. The van der Waals surface area contributed by atoms with E-state index in [0.29, 0.717) is 52.9 Å². The monoisotopic (exact) mass is 486 g/mol.